The first-order valence-electron chi connectivity index (χ1n) is 17.2. The fourth-order valence-electron chi connectivity index (χ4n) is 6.92. The second-order valence-electron chi connectivity index (χ2n) is 15.3. The Kier molecular flexibility index (Phi) is 11.9. The molecule has 1 aliphatic carbocycles. The third kappa shape index (κ3) is 9.61. The van der Waals surface area contributed by atoms with Crippen LogP contribution >= 0.6 is 0 Å². The van der Waals surface area contributed by atoms with Gasteiger partial charge in [0.2, 0.25) is 5.91 Å². The molecule has 9 heteroatoms. The maximum atomic E-state index is 13.0. The summed E-state index contributed by atoms with van der Waals surface area (Å²) in [4.78, 5) is 50.0. The zero-order chi connectivity index (χ0) is 34.6. The highest BCUT2D eigenvalue weighted by molar-refractivity contribution is 5.96. The molecule has 3 fully saturated rings. The van der Waals surface area contributed by atoms with Gasteiger partial charge in [0.1, 0.15) is 35.0 Å². The Bertz CT molecular complexity index is 1320. The van der Waals surface area contributed by atoms with Crippen molar-refractivity contribution in [2.24, 2.45) is 17.3 Å². The Morgan fingerprint density at radius 2 is 1.77 bits per heavy atom. The van der Waals surface area contributed by atoms with E-state index in [-0.39, 0.29) is 78.1 Å². The van der Waals surface area contributed by atoms with Crippen molar-refractivity contribution < 1.29 is 38.1 Å². The van der Waals surface area contributed by atoms with Gasteiger partial charge in [-0.3, -0.25) is 19.2 Å². The highest BCUT2D eigenvalue weighted by Gasteiger charge is 2.72. The lowest BCUT2D eigenvalue weighted by molar-refractivity contribution is -0.172. The molecule has 2 heterocycles. The molecule has 1 amide bonds. The van der Waals surface area contributed by atoms with Gasteiger partial charge in [0.05, 0.1) is 18.6 Å². The van der Waals surface area contributed by atoms with E-state index in [0.29, 0.717) is 38.0 Å². The molecule has 3 aliphatic rings. The van der Waals surface area contributed by atoms with Crippen molar-refractivity contribution >= 4 is 29.1 Å². The number of hydrogen-bond acceptors (Lipinski definition) is 8. The van der Waals surface area contributed by atoms with Gasteiger partial charge >= 0.3 is 5.97 Å². The van der Waals surface area contributed by atoms with Crippen LogP contribution < -0.4 is 5.32 Å². The maximum absolute atomic E-state index is 13.0. The van der Waals surface area contributed by atoms with E-state index in [1.54, 1.807) is 14.0 Å². The summed E-state index contributed by atoms with van der Waals surface area (Å²) in [5, 5.41) is 2.87. The molecule has 2 saturated heterocycles. The Labute approximate surface area is 280 Å². The molecule has 0 unspecified atom stereocenters. The van der Waals surface area contributed by atoms with Crippen molar-refractivity contribution in [2.75, 3.05) is 19.0 Å². The van der Waals surface area contributed by atoms with Crippen molar-refractivity contribution in [3.05, 3.63) is 41.5 Å². The molecule has 1 saturated carbocycles. The monoisotopic (exact) mass is 653 g/mol. The minimum atomic E-state index is -0.499. The van der Waals surface area contributed by atoms with E-state index < -0.39 is 11.3 Å². The number of carbonyl (C=O) groups excluding carboxylic acids is 4. The van der Waals surface area contributed by atoms with Gasteiger partial charge in [-0.1, -0.05) is 51.5 Å². The van der Waals surface area contributed by atoms with Gasteiger partial charge < -0.3 is 24.3 Å². The Hall–Kier alpha value is -2.88. The van der Waals surface area contributed by atoms with Gasteiger partial charge in [0.15, 0.2) is 0 Å². The number of ketones is 2. The lowest BCUT2D eigenvalue weighted by Crippen LogP contribution is -2.55. The minimum absolute atomic E-state index is 0.00584. The molecule has 1 N–H and O–H groups in total. The van der Waals surface area contributed by atoms with Gasteiger partial charge in [0, 0.05) is 49.8 Å². The number of carbonyl (C=O) groups is 4. The number of amides is 1. The number of allylic oxidation sites excluding steroid dienone is 1. The van der Waals surface area contributed by atoms with Crippen LogP contribution in [0.1, 0.15) is 105 Å². The molecule has 1 spiro atoms. The van der Waals surface area contributed by atoms with E-state index >= 15 is 0 Å². The lowest BCUT2D eigenvalue weighted by atomic mass is 9.68. The van der Waals surface area contributed by atoms with Crippen LogP contribution in [0.25, 0.3) is 0 Å². The van der Waals surface area contributed by atoms with Crippen LogP contribution in [-0.2, 0) is 44.5 Å². The molecule has 0 bridgehead atoms. The maximum Gasteiger partial charge on any atom is 0.306 e. The summed E-state index contributed by atoms with van der Waals surface area (Å²) in [6.07, 6.45) is 6.11. The minimum Gasteiger partial charge on any atom is -0.460 e. The number of esters is 1. The summed E-state index contributed by atoms with van der Waals surface area (Å²) >= 11 is 0. The number of hydrogen-bond donors (Lipinski definition) is 1. The third-order valence-corrected chi connectivity index (χ3v) is 10.0. The Morgan fingerprint density at radius 3 is 2.36 bits per heavy atom. The van der Waals surface area contributed by atoms with Crippen molar-refractivity contribution in [1.82, 2.24) is 0 Å². The second kappa shape index (κ2) is 15.1. The number of methoxy groups -OCH3 is 1. The van der Waals surface area contributed by atoms with Gasteiger partial charge in [-0.2, -0.15) is 0 Å². The Balaban J connectivity index is 1.20. The number of aryl methyl sites for hydroxylation is 1. The summed E-state index contributed by atoms with van der Waals surface area (Å²) in [6, 6.07) is 7.51. The van der Waals surface area contributed by atoms with Crippen LogP contribution in [0.3, 0.4) is 0 Å². The number of Topliss-reactive ketones (excluding diaryl/α,β-unsaturated/α-hetero) is 2. The summed E-state index contributed by atoms with van der Waals surface area (Å²) in [6.45, 7) is 14.2. The first kappa shape index (κ1) is 36.9. The molecule has 1 aromatic rings. The normalized spacial score (nSPS) is 28.7. The van der Waals surface area contributed by atoms with E-state index in [1.165, 1.54) is 5.57 Å². The first-order valence-corrected chi connectivity index (χ1v) is 17.2. The summed E-state index contributed by atoms with van der Waals surface area (Å²) in [7, 11) is 1.68. The summed E-state index contributed by atoms with van der Waals surface area (Å²) in [5.74, 6) is -1.02. The second-order valence-corrected chi connectivity index (χ2v) is 15.3. The number of rotatable bonds is 16. The van der Waals surface area contributed by atoms with Crippen LogP contribution in [-0.4, -0.2) is 66.7 Å². The van der Waals surface area contributed by atoms with Gasteiger partial charge in [-0.15, -0.1) is 0 Å². The molecule has 260 valence electrons. The number of benzene rings is 1. The number of anilines is 1. The predicted octanol–water partition coefficient (Wildman–Crippen LogP) is 6.56. The van der Waals surface area contributed by atoms with E-state index in [1.807, 2.05) is 45.0 Å². The van der Waals surface area contributed by atoms with E-state index in [9.17, 15) is 19.2 Å². The first-order chi connectivity index (χ1) is 22.1. The van der Waals surface area contributed by atoms with Crippen LogP contribution in [0.2, 0.25) is 0 Å². The molecule has 9 nitrogen and oxygen atoms in total. The highest BCUT2D eigenvalue weighted by Crippen LogP contribution is 2.59. The molecule has 2 aliphatic heterocycles. The molecule has 4 rings (SSSR count). The van der Waals surface area contributed by atoms with Gasteiger partial charge in [-0.25, -0.2) is 0 Å². The van der Waals surface area contributed by atoms with Crippen LogP contribution in [0.4, 0.5) is 5.69 Å². The zero-order valence-electron chi connectivity index (χ0n) is 29.6. The van der Waals surface area contributed by atoms with Gasteiger partial charge in [-0.05, 0) is 70.6 Å². The summed E-state index contributed by atoms with van der Waals surface area (Å²) < 4.78 is 24.3. The molecular formula is C38H55NO8. The molecule has 7 atom stereocenters. The number of epoxide rings is 2. The fraction of sp³-hybridized carbons (Fsp3) is 0.684. The SMILES string of the molecule is CO[C@@H]1[C@H](OC(=O)CCCc2ccc(NC(=O)[C@H](C)CC(=O)CCC(=O)C(C)(C)C)cc2)CC[C@]2(CO2)[C@H]1[C@]1(C)O[C@@H]1CC=C(C)C. The topological polar surface area (TPSA) is 124 Å². The molecule has 0 radical (unpaired) electrons. The van der Waals surface area contributed by atoms with Crippen molar-refractivity contribution in [3.63, 3.8) is 0 Å². The van der Waals surface area contributed by atoms with E-state index in [2.05, 4.69) is 32.2 Å². The van der Waals surface area contributed by atoms with Crippen molar-refractivity contribution in [3.8, 4) is 0 Å². The van der Waals surface area contributed by atoms with Crippen LogP contribution in [0.15, 0.2) is 35.9 Å². The van der Waals surface area contributed by atoms with Crippen molar-refractivity contribution in [2.45, 2.75) is 136 Å². The zero-order valence-corrected chi connectivity index (χ0v) is 29.6. The van der Waals surface area contributed by atoms with Crippen molar-refractivity contribution in [1.29, 1.82) is 0 Å². The van der Waals surface area contributed by atoms with E-state index in [4.69, 9.17) is 18.9 Å². The lowest BCUT2D eigenvalue weighted by Gasteiger charge is -2.42. The smallest absolute Gasteiger partial charge is 0.306 e. The number of nitrogens with one attached hydrogen (secondary N) is 1. The molecule has 0 aromatic heterocycles. The van der Waals surface area contributed by atoms with Crippen LogP contribution in [0, 0.1) is 17.3 Å². The molecular weight excluding hydrogens is 598 g/mol. The number of ether oxygens (including phenoxy) is 4. The predicted molar refractivity (Wildman–Crippen MR) is 180 cm³/mol. The Morgan fingerprint density at radius 1 is 1.09 bits per heavy atom. The molecule has 47 heavy (non-hydrogen) atoms. The average Bonchev–Trinajstić information content (AvgIpc) is 3.92. The summed E-state index contributed by atoms with van der Waals surface area (Å²) in [5.41, 5.74) is 1.85. The standard InChI is InChI=1S/C38H55NO8/c1-24(2)12-19-31-37(7,47-31)34-33(44-8)29(20-21-38(34)23-45-38)46-32(42)11-9-10-26-13-15-27(16-14-26)39-35(43)25(3)22-28(40)17-18-30(41)36(4,5)6/h12-16,25,29,31,33-34H,9-11,17-23H2,1-8H3,(H,39,43)/t25-,29-,31-,33-,34-,37-,38+/m1/s1. The van der Waals surface area contributed by atoms with Gasteiger partial charge in [0.25, 0.3) is 0 Å². The third-order valence-electron chi connectivity index (χ3n) is 10.0. The average molecular weight is 654 g/mol. The van der Waals surface area contributed by atoms with E-state index in [0.717, 1.165) is 18.4 Å². The largest absolute Gasteiger partial charge is 0.460 e. The van der Waals surface area contributed by atoms with Crippen LogP contribution in [0.5, 0.6) is 0 Å². The quantitative estimate of drug-likeness (QED) is 0.121. The fourth-order valence-corrected chi connectivity index (χ4v) is 6.92. The molecule has 1 aromatic carbocycles. The highest BCUT2D eigenvalue weighted by atomic mass is 16.6.